The number of rotatable bonds is 6. The number of hydrogen-bond acceptors (Lipinski definition) is 4. The van der Waals surface area contributed by atoms with E-state index in [-0.39, 0.29) is 22.3 Å². The molecule has 4 aromatic rings. The molecule has 0 radical (unpaired) electrons. The Bertz CT molecular complexity index is 1400. The number of anilines is 1. The molecule has 1 aliphatic rings. The van der Waals surface area contributed by atoms with Crippen LogP contribution in [0.2, 0.25) is 0 Å². The highest BCUT2D eigenvalue weighted by atomic mass is 19.1. The lowest BCUT2D eigenvalue weighted by Gasteiger charge is -2.25. The second-order valence-corrected chi connectivity index (χ2v) is 8.00. The van der Waals surface area contributed by atoms with Gasteiger partial charge in [-0.15, -0.1) is 0 Å². The molecule has 0 fully saturated rings. The Kier molecular flexibility index (Phi) is 5.42. The zero-order valence-corrected chi connectivity index (χ0v) is 18.1. The fourth-order valence-electron chi connectivity index (χ4n) is 4.22. The topological polar surface area (TPSA) is 59.8 Å². The van der Waals surface area contributed by atoms with Crippen LogP contribution < -0.4 is 15.1 Å². The van der Waals surface area contributed by atoms with Crippen molar-refractivity contribution in [2.45, 2.75) is 25.8 Å². The number of hydrogen-bond donors (Lipinski definition) is 0. The Hall–Kier alpha value is -3.93. The third-order valence-corrected chi connectivity index (χ3v) is 5.81. The van der Waals surface area contributed by atoms with Crippen molar-refractivity contribution in [1.82, 2.24) is 0 Å². The number of benzene rings is 3. The van der Waals surface area contributed by atoms with E-state index in [0.29, 0.717) is 23.6 Å². The highest BCUT2D eigenvalue weighted by Gasteiger charge is 2.43. The molecule has 0 aliphatic carbocycles. The summed E-state index contributed by atoms with van der Waals surface area (Å²) in [4.78, 5) is 28.6. The van der Waals surface area contributed by atoms with Crippen LogP contribution in [0, 0.1) is 5.82 Å². The number of unbranched alkanes of at least 4 members (excludes halogenated alkanes) is 1. The van der Waals surface area contributed by atoms with Crippen LogP contribution in [0.4, 0.5) is 10.1 Å². The van der Waals surface area contributed by atoms with Gasteiger partial charge in [-0.2, -0.15) is 0 Å². The van der Waals surface area contributed by atoms with Gasteiger partial charge < -0.3 is 9.15 Å². The van der Waals surface area contributed by atoms with E-state index in [1.54, 1.807) is 4.90 Å². The molecule has 0 saturated heterocycles. The van der Waals surface area contributed by atoms with Crippen molar-refractivity contribution in [1.29, 1.82) is 0 Å². The first-order chi connectivity index (χ1) is 16.1. The number of nitrogens with zero attached hydrogens (tertiary/aromatic N) is 1. The van der Waals surface area contributed by atoms with Gasteiger partial charge in [0.05, 0.1) is 23.6 Å². The predicted octanol–water partition coefficient (Wildman–Crippen LogP) is 5.86. The first-order valence-corrected chi connectivity index (χ1v) is 11.0. The van der Waals surface area contributed by atoms with Gasteiger partial charge in [-0.3, -0.25) is 14.5 Å². The fourth-order valence-corrected chi connectivity index (χ4v) is 4.22. The van der Waals surface area contributed by atoms with E-state index in [4.69, 9.17) is 9.15 Å². The SMILES string of the molecule is CCCCOc1cccc(C2c3c(oc4ccc(F)cc4c3=O)C(=O)N2c2ccccc2)c1. The molecule has 6 heteroatoms. The van der Waals surface area contributed by atoms with Crippen LogP contribution in [-0.2, 0) is 0 Å². The molecule has 0 bridgehead atoms. The monoisotopic (exact) mass is 443 g/mol. The van der Waals surface area contributed by atoms with E-state index >= 15 is 0 Å². The van der Waals surface area contributed by atoms with Crippen molar-refractivity contribution in [3.05, 3.63) is 106 Å². The average Bonchev–Trinajstić information content (AvgIpc) is 3.13. The van der Waals surface area contributed by atoms with Crippen LogP contribution in [0.25, 0.3) is 11.0 Å². The third kappa shape index (κ3) is 3.67. The maximum atomic E-state index is 13.9. The number of para-hydroxylation sites is 1. The molecule has 33 heavy (non-hydrogen) atoms. The van der Waals surface area contributed by atoms with Crippen molar-refractivity contribution in [2.24, 2.45) is 0 Å². The molecular weight excluding hydrogens is 421 g/mol. The molecule has 1 aliphatic heterocycles. The van der Waals surface area contributed by atoms with Gasteiger partial charge in [0.1, 0.15) is 17.1 Å². The normalized spacial score (nSPS) is 15.2. The molecule has 0 N–H and O–H groups in total. The van der Waals surface area contributed by atoms with Gasteiger partial charge in [0.25, 0.3) is 5.91 Å². The molecule has 0 spiro atoms. The number of fused-ring (bicyclic) bond motifs is 2. The first-order valence-electron chi connectivity index (χ1n) is 11.0. The smallest absolute Gasteiger partial charge is 0.295 e. The lowest BCUT2D eigenvalue weighted by Crippen LogP contribution is -2.29. The van der Waals surface area contributed by atoms with Gasteiger partial charge in [-0.1, -0.05) is 43.7 Å². The molecule has 3 aromatic carbocycles. The Morgan fingerprint density at radius 1 is 1.00 bits per heavy atom. The standard InChI is InChI=1S/C27H22FNO4/c1-2-3-14-32-20-11-7-8-17(15-20)24-23-25(30)21-16-18(28)12-13-22(21)33-26(23)27(31)29(24)19-9-5-4-6-10-19/h4-13,15-16,24H,2-3,14H2,1H3. The van der Waals surface area contributed by atoms with Crippen LogP contribution in [0.5, 0.6) is 5.75 Å². The van der Waals surface area contributed by atoms with Gasteiger partial charge >= 0.3 is 0 Å². The minimum atomic E-state index is -0.728. The number of amides is 1. The molecule has 1 atom stereocenters. The van der Waals surface area contributed by atoms with Crippen LogP contribution in [-0.4, -0.2) is 12.5 Å². The molecule has 5 nitrogen and oxygen atoms in total. The second-order valence-electron chi connectivity index (χ2n) is 8.00. The quantitative estimate of drug-likeness (QED) is 0.350. The summed E-state index contributed by atoms with van der Waals surface area (Å²) in [7, 11) is 0. The lowest BCUT2D eigenvalue weighted by atomic mass is 9.98. The molecule has 2 heterocycles. The molecule has 0 saturated carbocycles. The van der Waals surface area contributed by atoms with Crippen LogP contribution >= 0.6 is 0 Å². The predicted molar refractivity (Wildman–Crippen MR) is 124 cm³/mol. The number of ether oxygens (including phenoxy) is 1. The van der Waals surface area contributed by atoms with E-state index < -0.39 is 23.2 Å². The van der Waals surface area contributed by atoms with Crippen LogP contribution in [0.1, 0.15) is 47.5 Å². The summed E-state index contributed by atoms with van der Waals surface area (Å²) < 4.78 is 25.7. The van der Waals surface area contributed by atoms with Crippen molar-refractivity contribution in [3.8, 4) is 5.75 Å². The molecule has 1 aromatic heterocycles. The number of halogens is 1. The maximum absolute atomic E-state index is 13.9. The van der Waals surface area contributed by atoms with E-state index in [1.165, 1.54) is 12.1 Å². The summed E-state index contributed by atoms with van der Waals surface area (Å²) in [6.07, 6.45) is 1.93. The Morgan fingerprint density at radius 3 is 2.61 bits per heavy atom. The van der Waals surface area contributed by atoms with E-state index in [1.807, 2.05) is 54.6 Å². The van der Waals surface area contributed by atoms with Crippen LogP contribution in [0.15, 0.2) is 82.0 Å². The maximum Gasteiger partial charge on any atom is 0.295 e. The van der Waals surface area contributed by atoms with Crippen molar-refractivity contribution in [2.75, 3.05) is 11.5 Å². The zero-order valence-electron chi connectivity index (χ0n) is 18.1. The fraction of sp³-hybridized carbons (Fsp3) is 0.185. The van der Waals surface area contributed by atoms with Gasteiger partial charge in [0.15, 0.2) is 5.43 Å². The lowest BCUT2D eigenvalue weighted by molar-refractivity contribution is 0.0971. The van der Waals surface area contributed by atoms with Gasteiger partial charge in [0, 0.05) is 5.69 Å². The van der Waals surface area contributed by atoms with Crippen molar-refractivity contribution < 1.29 is 18.3 Å². The molecule has 1 amide bonds. The Balaban J connectivity index is 1.71. The highest BCUT2D eigenvalue weighted by molar-refractivity contribution is 6.10. The molecular formula is C27H22FNO4. The zero-order chi connectivity index (χ0) is 22.9. The Morgan fingerprint density at radius 2 is 1.82 bits per heavy atom. The summed E-state index contributed by atoms with van der Waals surface area (Å²) in [5, 5.41) is 0.108. The summed E-state index contributed by atoms with van der Waals surface area (Å²) in [5.41, 5.74) is 1.31. The third-order valence-electron chi connectivity index (χ3n) is 5.81. The number of carbonyl (C=O) groups excluding carboxylic acids is 1. The Labute approximate surface area is 190 Å². The average molecular weight is 443 g/mol. The molecule has 5 rings (SSSR count). The van der Waals surface area contributed by atoms with E-state index in [9.17, 15) is 14.0 Å². The van der Waals surface area contributed by atoms with Gasteiger partial charge in [0.2, 0.25) is 5.76 Å². The first kappa shape index (κ1) is 20.9. The summed E-state index contributed by atoms with van der Waals surface area (Å²) >= 11 is 0. The van der Waals surface area contributed by atoms with E-state index in [0.717, 1.165) is 18.9 Å². The highest BCUT2D eigenvalue weighted by Crippen LogP contribution is 2.41. The largest absolute Gasteiger partial charge is 0.494 e. The second kappa shape index (κ2) is 8.54. The molecule has 1 unspecified atom stereocenters. The van der Waals surface area contributed by atoms with Crippen molar-refractivity contribution in [3.63, 3.8) is 0 Å². The van der Waals surface area contributed by atoms with Crippen molar-refractivity contribution >= 4 is 22.6 Å². The van der Waals surface area contributed by atoms with Crippen LogP contribution in [0.3, 0.4) is 0 Å². The van der Waals surface area contributed by atoms with Gasteiger partial charge in [-0.05, 0) is 54.4 Å². The number of carbonyl (C=O) groups is 1. The van der Waals surface area contributed by atoms with Gasteiger partial charge in [-0.25, -0.2) is 4.39 Å². The minimum absolute atomic E-state index is 0.0229. The van der Waals surface area contributed by atoms with E-state index in [2.05, 4.69) is 6.92 Å². The summed E-state index contributed by atoms with van der Waals surface area (Å²) in [5.74, 6) is -0.319. The minimum Gasteiger partial charge on any atom is -0.494 e. The molecule has 166 valence electrons. The summed E-state index contributed by atoms with van der Waals surface area (Å²) in [6.45, 7) is 2.67. The summed E-state index contributed by atoms with van der Waals surface area (Å²) in [6, 6.07) is 19.5.